The summed E-state index contributed by atoms with van der Waals surface area (Å²) in [4.78, 5) is 27.2. The first-order valence-electron chi connectivity index (χ1n) is 4.78. The van der Waals surface area contributed by atoms with Gasteiger partial charge in [0.05, 0.1) is 6.42 Å². The minimum atomic E-state index is -0.219. The molecule has 0 saturated carbocycles. The van der Waals surface area contributed by atoms with Crippen molar-refractivity contribution in [3.63, 3.8) is 0 Å². The molecule has 0 fully saturated rings. The maximum Gasteiger partial charge on any atom is 0.199 e. The van der Waals surface area contributed by atoms with Gasteiger partial charge in [0.15, 0.2) is 16.6 Å². The van der Waals surface area contributed by atoms with E-state index in [0.717, 1.165) is 0 Å². The fourth-order valence-electron chi connectivity index (χ4n) is 1.31. The average molecular weight is 231 g/mol. The summed E-state index contributed by atoms with van der Waals surface area (Å²) >= 11 is 1.26. The van der Waals surface area contributed by atoms with E-state index in [4.69, 9.17) is 0 Å². The smallest absolute Gasteiger partial charge is 0.199 e. The second-order valence-electron chi connectivity index (χ2n) is 3.23. The number of carbonyl (C=O) groups excluding carboxylic acids is 2. The van der Waals surface area contributed by atoms with Gasteiger partial charge in [-0.3, -0.25) is 9.59 Å². The maximum absolute atomic E-state index is 11.7. The van der Waals surface area contributed by atoms with Crippen LogP contribution in [-0.4, -0.2) is 16.6 Å². The lowest BCUT2D eigenvalue weighted by Gasteiger charge is -1.98. The molecular formula is C12H9NO2S. The number of carbonyl (C=O) groups is 2. The Morgan fingerprint density at radius 3 is 2.50 bits per heavy atom. The van der Waals surface area contributed by atoms with Crippen molar-refractivity contribution in [1.29, 1.82) is 0 Å². The van der Waals surface area contributed by atoms with E-state index in [1.54, 1.807) is 35.8 Å². The Labute approximate surface area is 96.8 Å². The highest BCUT2D eigenvalue weighted by Crippen LogP contribution is 2.10. The minimum absolute atomic E-state index is 0.114. The summed E-state index contributed by atoms with van der Waals surface area (Å²) in [5.41, 5.74) is 0.562. The molecule has 0 spiro atoms. The van der Waals surface area contributed by atoms with Gasteiger partial charge in [-0.1, -0.05) is 30.3 Å². The molecule has 0 atom stereocenters. The standard InChI is InChI=1S/C12H9NO2S/c14-10(9-4-2-1-3-5-9)8-11(15)12-13-6-7-16-12/h1-7H,8H2. The first-order chi connectivity index (χ1) is 7.77. The van der Waals surface area contributed by atoms with E-state index in [1.165, 1.54) is 11.3 Å². The Hall–Kier alpha value is -1.81. The van der Waals surface area contributed by atoms with Crippen LogP contribution in [0.1, 0.15) is 26.6 Å². The summed E-state index contributed by atoms with van der Waals surface area (Å²) in [6, 6.07) is 8.80. The summed E-state index contributed by atoms with van der Waals surface area (Å²) < 4.78 is 0. The molecule has 0 amide bonds. The topological polar surface area (TPSA) is 47.0 Å². The molecule has 0 unspecified atom stereocenters. The van der Waals surface area contributed by atoms with E-state index in [1.807, 2.05) is 6.07 Å². The molecule has 0 aliphatic rings. The second kappa shape index (κ2) is 4.81. The Balaban J connectivity index is 2.06. The van der Waals surface area contributed by atoms with E-state index >= 15 is 0 Å². The van der Waals surface area contributed by atoms with Crippen LogP contribution < -0.4 is 0 Å². The SMILES string of the molecule is O=C(CC(=O)c1nccs1)c1ccccc1. The molecule has 0 radical (unpaired) electrons. The summed E-state index contributed by atoms with van der Waals surface area (Å²) in [5.74, 6) is -0.385. The van der Waals surface area contributed by atoms with Crippen molar-refractivity contribution >= 4 is 22.9 Å². The summed E-state index contributed by atoms with van der Waals surface area (Å²) in [6.07, 6.45) is 1.45. The van der Waals surface area contributed by atoms with Gasteiger partial charge in [-0.05, 0) is 0 Å². The van der Waals surface area contributed by atoms with Crippen molar-refractivity contribution in [1.82, 2.24) is 4.98 Å². The van der Waals surface area contributed by atoms with Crippen LogP contribution in [0.3, 0.4) is 0 Å². The molecule has 0 bridgehead atoms. The van der Waals surface area contributed by atoms with Crippen LogP contribution in [0, 0.1) is 0 Å². The zero-order chi connectivity index (χ0) is 11.4. The van der Waals surface area contributed by atoms with Gasteiger partial charge in [0.2, 0.25) is 0 Å². The molecular weight excluding hydrogens is 222 g/mol. The van der Waals surface area contributed by atoms with Crippen molar-refractivity contribution in [3.05, 3.63) is 52.5 Å². The summed E-state index contributed by atoms with van der Waals surface area (Å²) in [7, 11) is 0. The van der Waals surface area contributed by atoms with Gasteiger partial charge in [0.25, 0.3) is 0 Å². The average Bonchev–Trinajstić information content (AvgIpc) is 2.83. The van der Waals surface area contributed by atoms with E-state index in [2.05, 4.69) is 4.98 Å². The van der Waals surface area contributed by atoms with E-state index in [-0.39, 0.29) is 18.0 Å². The highest BCUT2D eigenvalue weighted by Gasteiger charge is 2.14. The number of aromatic nitrogens is 1. The molecule has 1 aromatic carbocycles. The number of thiazole rings is 1. The lowest BCUT2D eigenvalue weighted by atomic mass is 10.1. The molecule has 80 valence electrons. The number of Topliss-reactive ketones (excluding diaryl/α,β-unsaturated/α-hetero) is 2. The van der Waals surface area contributed by atoms with E-state index in [9.17, 15) is 9.59 Å². The molecule has 3 nitrogen and oxygen atoms in total. The molecule has 0 saturated heterocycles. The van der Waals surface area contributed by atoms with Crippen LogP contribution in [0.2, 0.25) is 0 Å². The lowest BCUT2D eigenvalue weighted by molar-refractivity contribution is 0.0894. The largest absolute Gasteiger partial charge is 0.294 e. The predicted octanol–water partition coefficient (Wildman–Crippen LogP) is 2.60. The monoisotopic (exact) mass is 231 g/mol. The number of hydrogen-bond acceptors (Lipinski definition) is 4. The lowest BCUT2D eigenvalue weighted by Crippen LogP contribution is -2.08. The van der Waals surface area contributed by atoms with Crippen LogP contribution in [-0.2, 0) is 0 Å². The number of benzene rings is 1. The van der Waals surface area contributed by atoms with Gasteiger partial charge >= 0.3 is 0 Å². The third-order valence-electron chi connectivity index (χ3n) is 2.09. The van der Waals surface area contributed by atoms with Crippen LogP contribution in [0.5, 0.6) is 0 Å². The predicted molar refractivity (Wildman–Crippen MR) is 61.8 cm³/mol. The van der Waals surface area contributed by atoms with Gasteiger partial charge in [-0.25, -0.2) is 4.98 Å². The second-order valence-corrected chi connectivity index (χ2v) is 4.12. The Morgan fingerprint density at radius 1 is 1.12 bits per heavy atom. The fourth-order valence-corrected chi connectivity index (χ4v) is 1.88. The highest BCUT2D eigenvalue weighted by atomic mass is 32.1. The third-order valence-corrected chi connectivity index (χ3v) is 2.90. The van der Waals surface area contributed by atoms with Crippen LogP contribution in [0.25, 0.3) is 0 Å². The molecule has 2 rings (SSSR count). The number of hydrogen-bond donors (Lipinski definition) is 0. The first kappa shape index (κ1) is 10.7. The fraction of sp³-hybridized carbons (Fsp3) is 0.0833. The highest BCUT2D eigenvalue weighted by molar-refractivity contribution is 7.11. The summed E-state index contributed by atoms with van der Waals surface area (Å²) in [6.45, 7) is 0. The number of rotatable bonds is 4. The molecule has 1 aromatic heterocycles. The van der Waals surface area contributed by atoms with Crippen LogP contribution >= 0.6 is 11.3 Å². The normalized spacial score (nSPS) is 10.0. The Morgan fingerprint density at radius 2 is 1.88 bits per heavy atom. The molecule has 0 aliphatic heterocycles. The van der Waals surface area contributed by atoms with Crippen molar-refractivity contribution < 1.29 is 9.59 Å². The summed E-state index contributed by atoms with van der Waals surface area (Å²) in [5, 5.41) is 2.12. The van der Waals surface area contributed by atoms with Gasteiger partial charge in [-0.15, -0.1) is 11.3 Å². The molecule has 2 aromatic rings. The van der Waals surface area contributed by atoms with Gasteiger partial charge in [-0.2, -0.15) is 0 Å². The van der Waals surface area contributed by atoms with Gasteiger partial charge in [0, 0.05) is 17.1 Å². The molecule has 0 N–H and O–H groups in total. The van der Waals surface area contributed by atoms with Gasteiger partial charge in [0.1, 0.15) is 0 Å². The molecule has 4 heteroatoms. The van der Waals surface area contributed by atoms with Gasteiger partial charge < -0.3 is 0 Å². The van der Waals surface area contributed by atoms with Crippen molar-refractivity contribution in [2.24, 2.45) is 0 Å². The Bertz CT molecular complexity index is 491. The first-order valence-corrected chi connectivity index (χ1v) is 5.66. The van der Waals surface area contributed by atoms with Crippen LogP contribution in [0.15, 0.2) is 41.9 Å². The molecule has 1 heterocycles. The zero-order valence-electron chi connectivity index (χ0n) is 8.42. The van der Waals surface area contributed by atoms with Crippen molar-refractivity contribution in [2.45, 2.75) is 6.42 Å². The quantitative estimate of drug-likeness (QED) is 0.600. The zero-order valence-corrected chi connectivity index (χ0v) is 9.24. The van der Waals surface area contributed by atoms with E-state index < -0.39 is 0 Å². The maximum atomic E-state index is 11.7. The van der Waals surface area contributed by atoms with E-state index in [0.29, 0.717) is 10.6 Å². The minimum Gasteiger partial charge on any atom is -0.294 e. The molecule has 0 aliphatic carbocycles. The number of nitrogens with zero attached hydrogens (tertiary/aromatic N) is 1. The Kier molecular flexibility index (Phi) is 3.22. The van der Waals surface area contributed by atoms with Crippen molar-refractivity contribution in [2.75, 3.05) is 0 Å². The van der Waals surface area contributed by atoms with Crippen molar-refractivity contribution in [3.8, 4) is 0 Å². The molecule has 16 heavy (non-hydrogen) atoms. The number of ketones is 2. The third kappa shape index (κ3) is 2.41. The van der Waals surface area contributed by atoms with Crippen LogP contribution in [0.4, 0.5) is 0 Å².